The van der Waals surface area contributed by atoms with Crippen molar-refractivity contribution in [1.82, 2.24) is 4.90 Å². The lowest BCUT2D eigenvalue weighted by Crippen LogP contribution is -2.43. The van der Waals surface area contributed by atoms with Gasteiger partial charge in [-0.3, -0.25) is 9.59 Å². The van der Waals surface area contributed by atoms with Gasteiger partial charge in [0.1, 0.15) is 0 Å². The van der Waals surface area contributed by atoms with Crippen molar-refractivity contribution in [2.24, 2.45) is 0 Å². The molecule has 0 radical (unpaired) electrons. The van der Waals surface area contributed by atoms with E-state index >= 15 is 0 Å². The Labute approximate surface area is 122 Å². The summed E-state index contributed by atoms with van der Waals surface area (Å²) in [5.41, 5.74) is 1.81. The Hall–Kier alpha value is -1.49. The van der Waals surface area contributed by atoms with Crippen molar-refractivity contribution in [3.05, 3.63) is 35.4 Å². The lowest BCUT2D eigenvalue weighted by Gasteiger charge is -2.34. The molecule has 0 aliphatic carbocycles. The fourth-order valence-corrected chi connectivity index (χ4v) is 4.20. The van der Waals surface area contributed by atoms with Crippen LogP contribution in [0.5, 0.6) is 0 Å². The van der Waals surface area contributed by atoms with E-state index in [0.29, 0.717) is 13.1 Å². The number of amides is 1. The van der Waals surface area contributed by atoms with E-state index in [9.17, 15) is 14.7 Å². The zero-order chi connectivity index (χ0) is 14.1. The van der Waals surface area contributed by atoms with E-state index in [1.807, 2.05) is 24.3 Å². The van der Waals surface area contributed by atoms with Crippen molar-refractivity contribution in [3.63, 3.8) is 0 Å². The van der Waals surface area contributed by atoms with Gasteiger partial charge in [-0.1, -0.05) is 24.3 Å². The van der Waals surface area contributed by atoms with Crippen molar-refractivity contribution < 1.29 is 14.7 Å². The first kappa shape index (κ1) is 13.5. The van der Waals surface area contributed by atoms with Crippen molar-refractivity contribution in [2.75, 3.05) is 12.3 Å². The summed E-state index contributed by atoms with van der Waals surface area (Å²) in [6.07, 6.45) is 1.99. The summed E-state index contributed by atoms with van der Waals surface area (Å²) >= 11 is 1.70. The Morgan fingerprint density at radius 3 is 2.80 bits per heavy atom. The summed E-state index contributed by atoms with van der Waals surface area (Å²) in [7, 11) is 0. The Balaban J connectivity index is 1.86. The van der Waals surface area contributed by atoms with Crippen LogP contribution in [0.1, 0.15) is 29.9 Å². The number of benzene rings is 1. The number of thioether (sulfide) groups is 1. The number of carboxylic acid groups (broad SMARTS) is 1. The highest BCUT2D eigenvalue weighted by Gasteiger charge is 2.35. The third-order valence-electron chi connectivity index (χ3n) is 4.01. The number of carbonyl (C=O) groups excluding carboxylic acids is 1. The normalized spacial score (nSPS) is 25.3. The molecular weight excluding hydrogens is 274 g/mol. The van der Waals surface area contributed by atoms with Gasteiger partial charge in [0.05, 0.1) is 11.2 Å². The minimum absolute atomic E-state index is 0.0229. The molecule has 1 fully saturated rings. The Morgan fingerprint density at radius 2 is 2.10 bits per heavy atom. The quantitative estimate of drug-likeness (QED) is 0.906. The molecule has 2 aliphatic heterocycles. The van der Waals surface area contributed by atoms with Crippen molar-refractivity contribution in [1.29, 1.82) is 0 Å². The van der Waals surface area contributed by atoms with Gasteiger partial charge in [0.25, 0.3) is 0 Å². The molecule has 3 rings (SSSR count). The molecule has 4 nitrogen and oxygen atoms in total. The highest BCUT2D eigenvalue weighted by Crippen LogP contribution is 2.33. The molecule has 1 amide bonds. The van der Waals surface area contributed by atoms with Gasteiger partial charge < -0.3 is 10.0 Å². The number of nitrogens with zero attached hydrogens (tertiary/aromatic N) is 1. The zero-order valence-electron chi connectivity index (χ0n) is 11.1. The molecule has 0 bridgehead atoms. The predicted octanol–water partition coefficient (Wildman–Crippen LogP) is 2.09. The van der Waals surface area contributed by atoms with E-state index < -0.39 is 11.9 Å². The molecule has 20 heavy (non-hydrogen) atoms. The zero-order valence-corrected chi connectivity index (χ0v) is 11.9. The van der Waals surface area contributed by atoms with Crippen LogP contribution in [-0.4, -0.2) is 39.4 Å². The average molecular weight is 291 g/mol. The van der Waals surface area contributed by atoms with E-state index in [4.69, 9.17) is 0 Å². The summed E-state index contributed by atoms with van der Waals surface area (Å²) in [6, 6.07) is 7.54. The fraction of sp³-hybridized carbons (Fsp3) is 0.467. The molecular formula is C15H17NO3S. The third kappa shape index (κ3) is 2.42. The molecule has 5 heteroatoms. The lowest BCUT2D eigenvalue weighted by atomic mass is 9.89. The van der Waals surface area contributed by atoms with E-state index in [1.165, 1.54) is 0 Å². The molecule has 1 aromatic carbocycles. The molecule has 0 spiro atoms. The Bertz CT molecular complexity index is 540. The standard InChI is InChI=1S/C15H17NO3S/c17-14(13-6-3-7-20-13)16-8-10-4-1-2-5-11(10)12(9-16)15(18)19/h1-2,4-5,12-13H,3,6-9H2,(H,18,19). The van der Waals surface area contributed by atoms with Crippen molar-refractivity contribution in [2.45, 2.75) is 30.6 Å². The van der Waals surface area contributed by atoms with Gasteiger partial charge in [-0.05, 0) is 29.7 Å². The van der Waals surface area contributed by atoms with Crippen LogP contribution in [0.4, 0.5) is 0 Å². The van der Waals surface area contributed by atoms with Crippen LogP contribution in [0.15, 0.2) is 24.3 Å². The monoisotopic (exact) mass is 291 g/mol. The van der Waals surface area contributed by atoms with Crippen LogP contribution in [0.3, 0.4) is 0 Å². The maximum Gasteiger partial charge on any atom is 0.312 e. The molecule has 2 unspecified atom stereocenters. The summed E-state index contributed by atoms with van der Waals surface area (Å²) < 4.78 is 0. The van der Waals surface area contributed by atoms with Crippen LogP contribution >= 0.6 is 11.8 Å². The van der Waals surface area contributed by atoms with Gasteiger partial charge in [0.2, 0.25) is 5.91 Å². The highest BCUT2D eigenvalue weighted by atomic mass is 32.2. The number of aliphatic carboxylic acids is 1. The number of hydrogen-bond donors (Lipinski definition) is 1. The minimum Gasteiger partial charge on any atom is -0.481 e. The number of carboxylic acids is 1. The maximum atomic E-state index is 12.5. The first-order chi connectivity index (χ1) is 9.66. The highest BCUT2D eigenvalue weighted by molar-refractivity contribution is 8.00. The predicted molar refractivity (Wildman–Crippen MR) is 77.7 cm³/mol. The first-order valence-corrected chi connectivity index (χ1v) is 7.92. The van der Waals surface area contributed by atoms with Crippen molar-refractivity contribution >= 4 is 23.6 Å². The molecule has 2 heterocycles. The SMILES string of the molecule is O=C(O)C1CN(C(=O)C2CCCS2)Cc2ccccc21. The largest absolute Gasteiger partial charge is 0.481 e. The molecule has 0 saturated carbocycles. The van der Waals surface area contributed by atoms with Gasteiger partial charge in [-0.15, -0.1) is 11.8 Å². The number of fused-ring (bicyclic) bond motifs is 1. The van der Waals surface area contributed by atoms with E-state index in [0.717, 1.165) is 29.7 Å². The molecule has 1 saturated heterocycles. The molecule has 1 N–H and O–H groups in total. The molecule has 0 aromatic heterocycles. The van der Waals surface area contributed by atoms with E-state index in [1.54, 1.807) is 16.7 Å². The molecule has 1 aromatic rings. The Morgan fingerprint density at radius 1 is 1.30 bits per heavy atom. The molecule has 106 valence electrons. The molecule has 2 aliphatic rings. The third-order valence-corrected chi connectivity index (χ3v) is 5.37. The second-order valence-corrected chi connectivity index (χ2v) is 6.62. The topological polar surface area (TPSA) is 57.6 Å². The van der Waals surface area contributed by atoms with Gasteiger partial charge in [-0.25, -0.2) is 0 Å². The van der Waals surface area contributed by atoms with Gasteiger partial charge in [0, 0.05) is 13.1 Å². The van der Waals surface area contributed by atoms with Crippen molar-refractivity contribution in [3.8, 4) is 0 Å². The number of hydrogen-bond acceptors (Lipinski definition) is 3. The number of rotatable bonds is 2. The molecule has 2 atom stereocenters. The van der Waals surface area contributed by atoms with Crippen LogP contribution < -0.4 is 0 Å². The van der Waals surface area contributed by atoms with Crippen LogP contribution in [0.2, 0.25) is 0 Å². The minimum atomic E-state index is -0.853. The number of carbonyl (C=O) groups is 2. The lowest BCUT2D eigenvalue weighted by molar-refractivity contribution is -0.141. The Kier molecular flexibility index (Phi) is 3.70. The summed E-state index contributed by atoms with van der Waals surface area (Å²) in [5, 5.41) is 9.43. The van der Waals surface area contributed by atoms with Crippen LogP contribution in [0.25, 0.3) is 0 Å². The summed E-state index contributed by atoms with van der Waals surface area (Å²) in [5.74, 6) is -0.319. The van der Waals surface area contributed by atoms with Crippen LogP contribution in [-0.2, 0) is 16.1 Å². The average Bonchev–Trinajstić information content (AvgIpc) is 2.99. The van der Waals surface area contributed by atoms with Gasteiger partial charge in [0.15, 0.2) is 0 Å². The smallest absolute Gasteiger partial charge is 0.312 e. The van der Waals surface area contributed by atoms with E-state index in [-0.39, 0.29) is 11.2 Å². The fourth-order valence-electron chi connectivity index (χ4n) is 2.96. The summed E-state index contributed by atoms with van der Waals surface area (Å²) in [6.45, 7) is 0.831. The first-order valence-electron chi connectivity index (χ1n) is 6.88. The summed E-state index contributed by atoms with van der Waals surface area (Å²) in [4.78, 5) is 25.7. The van der Waals surface area contributed by atoms with E-state index in [2.05, 4.69) is 0 Å². The second-order valence-electron chi connectivity index (χ2n) is 5.31. The maximum absolute atomic E-state index is 12.5. The van der Waals surface area contributed by atoms with Gasteiger partial charge in [-0.2, -0.15) is 0 Å². The van der Waals surface area contributed by atoms with Gasteiger partial charge >= 0.3 is 5.97 Å². The van der Waals surface area contributed by atoms with Crippen LogP contribution in [0, 0.1) is 0 Å². The second kappa shape index (κ2) is 5.48.